The van der Waals surface area contributed by atoms with Gasteiger partial charge in [0.25, 0.3) is 11.5 Å². The summed E-state index contributed by atoms with van der Waals surface area (Å²) < 4.78 is 7.02. The first-order valence-corrected chi connectivity index (χ1v) is 8.34. The zero-order valence-electron chi connectivity index (χ0n) is 14.3. The normalized spacial score (nSPS) is 10.7. The zero-order valence-corrected chi connectivity index (χ0v) is 14.3. The molecular weight excluding hydrogens is 344 g/mol. The third kappa shape index (κ3) is 3.57. The van der Waals surface area contributed by atoms with Crippen molar-refractivity contribution in [3.8, 4) is 11.5 Å². The molecule has 0 bridgehead atoms. The van der Waals surface area contributed by atoms with Crippen LogP contribution >= 0.6 is 0 Å². The first kappa shape index (κ1) is 16.6. The average Bonchev–Trinajstić information content (AvgIpc) is 3.37. The Morgan fingerprint density at radius 2 is 2.00 bits per heavy atom. The summed E-state index contributed by atoms with van der Waals surface area (Å²) in [6, 6.07) is 15.8. The second-order valence-electron chi connectivity index (χ2n) is 5.91. The topological polar surface area (TPSA) is 92.9 Å². The average molecular weight is 360 g/mol. The molecule has 27 heavy (non-hydrogen) atoms. The van der Waals surface area contributed by atoms with Gasteiger partial charge in [0.15, 0.2) is 0 Å². The van der Waals surface area contributed by atoms with Crippen molar-refractivity contribution in [2.75, 3.05) is 5.32 Å². The number of hydrogen-bond acceptors (Lipinski definition) is 4. The minimum Gasteiger partial charge on any atom is -0.463 e. The van der Waals surface area contributed by atoms with Crippen LogP contribution in [0.1, 0.15) is 15.9 Å². The molecule has 4 aromatic rings. The fraction of sp³-hybridized carbons (Fsp3) is 0.0500. The summed E-state index contributed by atoms with van der Waals surface area (Å²) in [6.07, 6.45) is 5.06. The summed E-state index contributed by atoms with van der Waals surface area (Å²) in [6.45, 7) is 0.511. The SMILES string of the molecule is O=C(Nc1ccccc1Cn1cccn1)c1ccc(-c2ccco2)[nH]c1=O. The van der Waals surface area contributed by atoms with Crippen LogP contribution < -0.4 is 10.9 Å². The molecule has 3 aromatic heterocycles. The third-order valence-corrected chi connectivity index (χ3v) is 4.10. The molecule has 0 aliphatic carbocycles. The summed E-state index contributed by atoms with van der Waals surface area (Å²) in [4.78, 5) is 27.6. The number of rotatable bonds is 5. The number of furan rings is 1. The predicted molar refractivity (Wildman–Crippen MR) is 100 cm³/mol. The lowest BCUT2D eigenvalue weighted by atomic mass is 10.1. The first-order valence-electron chi connectivity index (χ1n) is 8.34. The number of aromatic amines is 1. The standard InChI is InChI=1S/C20H16N4O3/c25-19(15-8-9-17(23-20(15)26)18-7-3-12-27-18)22-16-6-2-1-5-14(16)13-24-11-4-10-21-24/h1-12H,13H2,(H,22,25)(H,23,26). The molecule has 0 spiro atoms. The maximum atomic E-state index is 12.6. The molecule has 0 atom stereocenters. The molecule has 0 saturated carbocycles. The van der Waals surface area contributed by atoms with Crippen molar-refractivity contribution in [3.63, 3.8) is 0 Å². The van der Waals surface area contributed by atoms with Gasteiger partial charge in [-0.05, 0) is 42.0 Å². The lowest BCUT2D eigenvalue weighted by Crippen LogP contribution is -2.23. The quantitative estimate of drug-likeness (QED) is 0.572. The highest BCUT2D eigenvalue weighted by molar-refractivity contribution is 6.04. The molecule has 7 heteroatoms. The van der Waals surface area contributed by atoms with E-state index in [1.54, 1.807) is 35.1 Å². The lowest BCUT2D eigenvalue weighted by Gasteiger charge is -2.11. The van der Waals surface area contributed by atoms with Gasteiger partial charge in [0.2, 0.25) is 0 Å². The number of pyridine rings is 1. The number of benzene rings is 1. The Bertz CT molecular complexity index is 1110. The van der Waals surface area contributed by atoms with Crippen LogP contribution in [0.4, 0.5) is 5.69 Å². The van der Waals surface area contributed by atoms with Crippen LogP contribution in [0.25, 0.3) is 11.5 Å². The number of carbonyl (C=O) groups excluding carboxylic acids is 1. The summed E-state index contributed by atoms with van der Waals surface area (Å²) >= 11 is 0. The van der Waals surface area contributed by atoms with Gasteiger partial charge in [-0.25, -0.2) is 0 Å². The van der Waals surface area contributed by atoms with Crippen molar-refractivity contribution >= 4 is 11.6 Å². The van der Waals surface area contributed by atoms with Crippen LogP contribution in [-0.2, 0) is 6.54 Å². The number of nitrogens with zero attached hydrogens (tertiary/aromatic N) is 2. The summed E-state index contributed by atoms with van der Waals surface area (Å²) in [5, 5.41) is 6.99. The fourth-order valence-corrected chi connectivity index (χ4v) is 2.77. The molecule has 1 aromatic carbocycles. The van der Waals surface area contributed by atoms with Gasteiger partial charge in [0.05, 0.1) is 18.5 Å². The zero-order chi connectivity index (χ0) is 18.6. The van der Waals surface area contributed by atoms with E-state index in [1.807, 2.05) is 30.5 Å². The van der Waals surface area contributed by atoms with Gasteiger partial charge in [0, 0.05) is 18.1 Å². The largest absolute Gasteiger partial charge is 0.463 e. The second-order valence-corrected chi connectivity index (χ2v) is 5.91. The van der Waals surface area contributed by atoms with Crippen molar-refractivity contribution in [1.29, 1.82) is 0 Å². The van der Waals surface area contributed by atoms with Crippen LogP contribution in [0.2, 0.25) is 0 Å². The Kier molecular flexibility index (Phi) is 4.40. The summed E-state index contributed by atoms with van der Waals surface area (Å²) in [5.74, 6) is 0.0544. The minimum atomic E-state index is -0.481. The highest BCUT2D eigenvalue weighted by atomic mass is 16.3. The molecule has 0 radical (unpaired) electrons. The minimum absolute atomic E-state index is 0.0270. The number of para-hydroxylation sites is 1. The van der Waals surface area contributed by atoms with Crippen molar-refractivity contribution in [2.45, 2.75) is 6.54 Å². The molecule has 4 rings (SSSR count). The summed E-state index contributed by atoms with van der Waals surface area (Å²) in [5.41, 5.74) is 1.58. The third-order valence-electron chi connectivity index (χ3n) is 4.10. The number of H-pyrrole nitrogens is 1. The number of carbonyl (C=O) groups is 1. The van der Waals surface area contributed by atoms with Gasteiger partial charge in [-0.2, -0.15) is 5.10 Å². The molecule has 3 heterocycles. The first-order chi connectivity index (χ1) is 13.2. The highest BCUT2D eigenvalue weighted by Crippen LogP contribution is 2.18. The smallest absolute Gasteiger partial charge is 0.261 e. The van der Waals surface area contributed by atoms with E-state index in [-0.39, 0.29) is 5.56 Å². The Morgan fingerprint density at radius 1 is 1.11 bits per heavy atom. The summed E-state index contributed by atoms with van der Waals surface area (Å²) in [7, 11) is 0. The van der Waals surface area contributed by atoms with Crippen LogP contribution in [0.5, 0.6) is 0 Å². The number of hydrogen-bond donors (Lipinski definition) is 2. The van der Waals surface area contributed by atoms with Crippen LogP contribution in [0.15, 0.2) is 82.5 Å². The molecule has 7 nitrogen and oxygen atoms in total. The van der Waals surface area contributed by atoms with E-state index in [9.17, 15) is 9.59 Å². The monoisotopic (exact) mass is 360 g/mol. The Morgan fingerprint density at radius 3 is 2.74 bits per heavy atom. The Hall–Kier alpha value is -3.87. The highest BCUT2D eigenvalue weighted by Gasteiger charge is 2.14. The van der Waals surface area contributed by atoms with Gasteiger partial charge in [-0.15, -0.1) is 0 Å². The molecule has 134 valence electrons. The molecular formula is C20H16N4O3. The lowest BCUT2D eigenvalue weighted by molar-refractivity contribution is 0.102. The molecule has 0 aliphatic rings. The van der Waals surface area contributed by atoms with Crippen LogP contribution in [0.3, 0.4) is 0 Å². The number of aromatic nitrogens is 3. The van der Waals surface area contributed by atoms with Crippen LogP contribution in [-0.4, -0.2) is 20.7 Å². The Labute approximate surface area is 154 Å². The van der Waals surface area contributed by atoms with E-state index in [1.165, 1.54) is 12.3 Å². The second kappa shape index (κ2) is 7.17. The number of amides is 1. The van der Waals surface area contributed by atoms with Gasteiger partial charge >= 0.3 is 0 Å². The van der Waals surface area contributed by atoms with E-state index in [4.69, 9.17) is 4.42 Å². The molecule has 0 unspecified atom stereocenters. The van der Waals surface area contributed by atoms with Crippen molar-refractivity contribution in [2.24, 2.45) is 0 Å². The van der Waals surface area contributed by atoms with Crippen molar-refractivity contribution in [3.05, 3.63) is 94.7 Å². The van der Waals surface area contributed by atoms with Gasteiger partial charge in [-0.3, -0.25) is 14.3 Å². The predicted octanol–water partition coefficient (Wildman–Crippen LogP) is 3.13. The van der Waals surface area contributed by atoms with Crippen LogP contribution in [0, 0.1) is 0 Å². The molecule has 0 fully saturated rings. The van der Waals surface area contributed by atoms with Gasteiger partial charge in [-0.1, -0.05) is 18.2 Å². The van der Waals surface area contributed by atoms with E-state index in [0.717, 1.165) is 5.56 Å². The van der Waals surface area contributed by atoms with Crippen molar-refractivity contribution < 1.29 is 9.21 Å². The van der Waals surface area contributed by atoms with Gasteiger partial charge in [0.1, 0.15) is 11.3 Å². The van der Waals surface area contributed by atoms with E-state index >= 15 is 0 Å². The van der Waals surface area contributed by atoms with Gasteiger partial charge < -0.3 is 14.7 Å². The molecule has 2 N–H and O–H groups in total. The Balaban J connectivity index is 1.57. The molecule has 1 amide bonds. The van der Waals surface area contributed by atoms with E-state index in [0.29, 0.717) is 23.7 Å². The van der Waals surface area contributed by atoms with Crippen molar-refractivity contribution in [1.82, 2.24) is 14.8 Å². The van der Waals surface area contributed by atoms with E-state index < -0.39 is 11.5 Å². The fourth-order valence-electron chi connectivity index (χ4n) is 2.77. The maximum Gasteiger partial charge on any atom is 0.261 e. The maximum absolute atomic E-state index is 12.6. The number of anilines is 1. The molecule has 0 aliphatic heterocycles. The van der Waals surface area contributed by atoms with E-state index in [2.05, 4.69) is 15.4 Å². The number of nitrogens with one attached hydrogen (secondary N) is 2. The molecule has 0 saturated heterocycles.